The number of nitrogens with two attached hydrogens (primary N) is 1. The van der Waals surface area contributed by atoms with Crippen LogP contribution in [0.4, 0.5) is 17.1 Å². The maximum Gasteiger partial charge on any atom is 0.292 e. The van der Waals surface area contributed by atoms with Crippen LogP contribution in [0.15, 0.2) is 18.2 Å². The predicted octanol–water partition coefficient (Wildman–Crippen LogP) is 1.00. The Hall–Kier alpha value is -1.86. The highest BCUT2D eigenvalue weighted by Crippen LogP contribution is 2.24. The quantitative estimate of drug-likeness (QED) is 0.472. The molecule has 0 bridgehead atoms. The van der Waals surface area contributed by atoms with Crippen molar-refractivity contribution < 1.29 is 14.4 Å². The average Bonchev–Trinajstić information content (AvgIpc) is 2.37. The van der Waals surface area contributed by atoms with E-state index in [1.165, 1.54) is 6.07 Å². The van der Waals surface area contributed by atoms with E-state index in [-0.39, 0.29) is 17.5 Å². The highest BCUT2D eigenvalue weighted by Gasteiger charge is 2.15. The maximum absolute atomic E-state index is 10.6. The van der Waals surface area contributed by atoms with E-state index in [1.807, 2.05) is 0 Å². The lowest BCUT2D eigenvalue weighted by molar-refractivity contribution is -0.383. The summed E-state index contributed by atoms with van der Waals surface area (Å²) in [5.41, 5.74) is 6.38. The molecule has 1 saturated heterocycles. The molecule has 1 unspecified atom stereocenters. The second-order valence-corrected chi connectivity index (χ2v) is 3.98. The summed E-state index contributed by atoms with van der Waals surface area (Å²) in [5, 5.41) is 13.7. The third kappa shape index (κ3) is 3.08. The van der Waals surface area contributed by atoms with Gasteiger partial charge in [0.1, 0.15) is 5.69 Å². The van der Waals surface area contributed by atoms with Crippen molar-refractivity contribution in [2.45, 2.75) is 6.10 Å². The number of rotatable bonds is 4. The van der Waals surface area contributed by atoms with Crippen LogP contribution < -0.4 is 11.1 Å². The lowest BCUT2D eigenvalue weighted by Gasteiger charge is -2.23. The van der Waals surface area contributed by atoms with Crippen LogP contribution in [-0.4, -0.2) is 37.4 Å². The number of nitrogens with one attached hydrogen (secondary N) is 1. The summed E-state index contributed by atoms with van der Waals surface area (Å²) in [7, 11) is 0. The molecule has 7 nitrogen and oxygen atoms in total. The molecule has 1 atom stereocenters. The zero-order valence-electron chi connectivity index (χ0n) is 9.80. The van der Waals surface area contributed by atoms with E-state index >= 15 is 0 Å². The van der Waals surface area contributed by atoms with Crippen molar-refractivity contribution >= 4 is 17.1 Å². The van der Waals surface area contributed by atoms with Crippen molar-refractivity contribution in [3.8, 4) is 0 Å². The largest absolute Gasteiger partial charge is 0.393 e. The number of nitro benzene ring substituents is 1. The number of anilines is 2. The molecule has 2 rings (SSSR count). The molecule has 0 spiro atoms. The first-order valence-electron chi connectivity index (χ1n) is 5.64. The molecule has 0 amide bonds. The molecule has 18 heavy (non-hydrogen) atoms. The Labute approximate surface area is 104 Å². The minimum absolute atomic E-state index is 0.00448. The Morgan fingerprint density at radius 1 is 1.50 bits per heavy atom. The number of ether oxygens (including phenoxy) is 2. The molecular formula is C11H15N3O4. The summed E-state index contributed by atoms with van der Waals surface area (Å²) in [6.07, 6.45) is -0.00448. The number of hydrogen-bond acceptors (Lipinski definition) is 6. The summed E-state index contributed by atoms with van der Waals surface area (Å²) in [5.74, 6) is 0. The van der Waals surface area contributed by atoms with Crippen molar-refractivity contribution in [3.05, 3.63) is 28.3 Å². The van der Waals surface area contributed by atoms with Gasteiger partial charge in [-0.3, -0.25) is 10.1 Å². The number of nitro groups is 1. The summed E-state index contributed by atoms with van der Waals surface area (Å²) in [6.45, 7) is 2.35. The Balaban J connectivity index is 1.93. The van der Waals surface area contributed by atoms with Gasteiger partial charge in [-0.15, -0.1) is 0 Å². The topological polar surface area (TPSA) is 99.7 Å². The Kier molecular flexibility index (Phi) is 3.96. The third-order valence-electron chi connectivity index (χ3n) is 2.64. The molecule has 1 heterocycles. The molecule has 0 aromatic heterocycles. The number of hydrogen-bond donors (Lipinski definition) is 2. The molecule has 7 heteroatoms. The highest BCUT2D eigenvalue weighted by molar-refractivity contribution is 5.65. The van der Waals surface area contributed by atoms with Crippen molar-refractivity contribution in [2.24, 2.45) is 0 Å². The molecule has 0 saturated carbocycles. The fraction of sp³-hybridized carbons (Fsp3) is 0.455. The Morgan fingerprint density at radius 3 is 2.94 bits per heavy atom. The first-order valence-corrected chi connectivity index (χ1v) is 5.64. The number of benzene rings is 1. The fourth-order valence-electron chi connectivity index (χ4n) is 1.72. The van der Waals surface area contributed by atoms with Gasteiger partial charge < -0.3 is 20.5 Å². The summed E-state index contributed by atoms with van der Waals surface area (Å²) < 4.78 is 10.7. The smallest absolute Gasteiger partial charge is 0.292 e. The van der Waals surface area contributed by atoms with Crippen LogP contribution in [-0.2, 0) is 9.47 Å². The molecular weight excluding hydrogens is 238 g/mol. The van der Waals surface area contributed by atoms with E-state index in [4.69, 9.17) is 15.2 Å². The van der Waals surface area contributed by atoms with Gasteiger partial charge in [0.05, 0.1) is 30.8 Å². The van der Waals surface area contributed by atoms with Crippen LogP contribution in [0, 0.1) is 10.1 Å². The molecule has 1 aromatic rings. The second-order valence-electron chi connectivity index (χ2n) is 3.98. The normalized spacial score (nSPS) is 19.4. The molecule has 1 aliphatic heterocycles. The first kappa shape index (κ1) is 12.6. The van der Waals surface area contributed by atoms with E-state index < -0.39 is 4.92 Å². The minimum atomic E-state index is -0.503. The van der Waals surface area contributed by atoms with Crippen molar-refractivity contribution in [1.82, 2.24) is 0 Å². The molecule has 1 aromatic carbocycles. The second kappa shape index (κ2) is 5.65. The Morgan fingerprint density at radius 2 is 2.33 bits per heavy atom. The van der Waals surface area contributed by atoms with Gasteiger partial charge >= 0.3 is 0 Å². The number of nitrogen functional groups attached to an aromatic ring is 1. The van der Waals surface area contributed by atoms with Gasteiger partial charge in [0.25, 0.3) is 5.69 Å². The highest BCUT2D eigenvalue weighted by atomic mass is 16.6. The van der Waals surface area contributed by atoms with Gasteiger partial charge in [-0.1, -0.05) is 0 Å². The minimum Gasteiger partial charge on any atom is -0.393 e. The van der Waals surface area contributed by atoms with Crippen molar-refractivity contribution in [2.75, 3.05) is 37.4 Å². The van der Waals surface area contributed by atoms with Gasteiger partial charge in [0.2, 0.25) is 0 Å². The maximum atomic E-state index is 10.6. The summed E-state index contributed by atoms with van der Waals surface area (Å²) in [6, 6.07) is 4.55. The van der Waals surface area contributed by atoms with Gasteiger partial charge in [-0.25, -0.2) is 0 Å². The van der Waals surface area contributed by atoms with E-state index in [2.05, 4.69) is 5.32 Å². The van der Waals surface area contributed by atoms with Crippen molar-refractivity contribution in [1.29, 1.82) is 0 Å². The average molecular weight is 253 g/mol. The SMILES string of the molecule is Nc1cc(NCC2COCCO2)ccc1[N+](=O)[O-]. The zero-order chi connectivity index (χ0) is 13.0. The molecule has 1 fully saturated rings. The summed E-state index contributed by atoms with van der Waals surface area (Å²) >= 11 is 0. The number of nitrogens with zero attached hydrogens (tertiary/aromatic N) is 1. The molecule has 1 aliphatic rings. The fourth-order valence-corrected chi connectivity index (χ4v) is 1.72. The van der Waals surface area contributed by atoms with Gasteiger partial charge in [-0.2, -0.15) is 0 Å². The van der Waals surface area contributed by atoms with E-state index in [0.29, 0.717) is 26.4 Å². The Bertz CT molecular complexity index is 432. The lowest BCUT2D eigenvalue weighted by atomic mass is 10.2. The van der Waals surface area contributed by atoms with Gasteiger partial charge in [-0.05, 0) is 12.1 Å². The van der Waals surface area contributed by atoms with Crippen LogP contribution in [0.3, 0.4) is 0 Å². The van der Waals surface area contributed by atoms with Crippen LogP contribution in [0.2, 0.25) is 0 Å². The lowest BCUT2D eigenvalue weighted by Crippen LogP contribution is -2.34. The molecule has 0 radical (unpaired) electrons. The van der Waals surface area contributed by atoms with E-state index in [0.717, 1.165) is 5.69 Å². The van der Waals surface area contributed by atoms with Crippen LogP contribution in [0.5, 0.6) is 0 Å². The standard InChI is InChI=1S/C11H15N3O4/c12-10-5-8(1-2-11(10)14(15)16)13-6-9-7-17-3-4-18-9/h1-2,5,9,13H,3-4,6-7,12H2. The van der Waals surface area contributed by atoms with E-state index in [1.54, 1.807) is 12.1 Å². The zero-order valence-corrected chi connectivity index (χ0v) is 9.80. The monoisotopic (exact) mass is 253 g/mol. The van der Waals surface area contributed by atoms with Crippen LogP contribution in [0.25, 0.3) is 0 Å². The molecule has 3 N–H and O–H groups in total. The van der Waals surface area contributed by atoms with Crippen molar-refractivity contribution in [3.63, 3.8) is 0 Å². The van der Waals surface area contributed by atoms with Crippen LogP contribution in [0.1, 0.15) is 0 Å². The predicted molar refractivity (Wildman–Crippen MR) is 66.6 cm³/mol. The van der Waals surface area contributed by atoms with Gasteiger partial charge in [0, 0.05) is 18.3 Å². The van der Waals surface area contributed by atoms with Gasteiger partial charge in [0.15, 0.2) is 0 Å². The van der Waals surface area contributed by atoms with Crippen LogP contribution >= 0.6 is 0 Å². The first-order chi connectivity index (χ1) is 8.66. The molecule has 0 aliphatic carbocycles. The summed E-state index contributed by atoms with van der Waals surface area (Å²) in [4.78, 5) is 10.1. The molecule has 98 valence electrons. The third-order valence-corrected chi connectivity index (χ3v) is 2.64. The van der Waals surface area contributed by atoms with E-state index in [9.17, 15) is 10.1 Å².